The highest BCUT2D eigenvalue weighted by Crippen LogP contribution is 1.89. The van der Waals surface area contributed by atoms with Gasteiger partial charge >= 0.3 is 5.97 Å². The molecule has 0 aliphatic carbocycles. The number of aliphatic hydroxyl groups excluding tert-OH is 1. The van der Waals surface area contributed by atoms with Gasteiger partial charge in [-0.15, -0.1) is 12.3 Å². The Morgan fingerprint density at radius 2 is 2.14 bits per heavy atom. The minimum atomic E-state index is -1.34. The Hall–Kier alpha value is -1.58. The Morgan fingerprint density at radius 1 is 1.57 bits per heavy atom. The fourth-order valence-electron chi connectivity index (χ4n) is 0.684. The summed E-state index contributed by atoms with van der Waals surface area (Å²) in [7, 11) is 0. The molecule has 0 aromatic carbocycles. The van der Waals surface area contributed by atoms with E-state index in [-0.39, 0.29) is 6.42 Å². The zero-order valence-corrected chi connectivity index (χ0v) is 7.43. The molecule has 14 heavy (non-hydrogen) atoms. The molecule has 0 saturated carbocycles. The van der Waals surface area contributed by atoms with Gasteiger partial charge in [0.05, 0.1) is 12.6 Å². The van der Waals surface area contributed by atoms with Crippen molar-refractivity contribution in [1.29, 1.82) is 0 Å². The van der Waals surface area contributed by atoms with Crippen molar-refractivity contribution in [2.45, 2.75) is 18.5 Å². The maximum Gasteiger partial charge on any atom is 0.328 e. The van der Waals surface area contributed by atoms with Crippen LogP contribution >= 0.6 is 0 Å². The molecule has 0 fully saturated rings. The lowest BCUT2D eigenvalue weighted by molar-refractivity contribution is -0.143. The van der Waals surface area contributed by atoms with Crippen molar-refractivity contribution in [3.05, 3.63) is 0 Å². The first-order chi connectivity index (χ1) is 6.52. The molecule has 6 heteroatoms. The summed E-state index contributed by atoms with van der Waals surface area (Å²) in [5, 5.41) is 19.1. The van der Waals surface area contributed by atoms with Gasteiger partial charge in [0, 0.05) is 6.42 Å². The van der Waals surface area contributed by atoms with Gasteiger partial charge in [-0.25, -0.2) is 4.79 Å². The highest BCUT2D eigenvalue weighted by molar-refractivity contribution is 5.86. The van der Waals surface area contributed by atoms with E-state index in [4.69, 9.17) is 22.4 Å². The topological polar surface area (TPSA) is 113 Å². The van der Waals surface area contributed by atoms with E-state index in [9.17, 15) is 9.59 Å². The summed E-state index contributed by atoms with van der Waals surface area (Å²) in [6.07, 6.45) is 4.93. The van der Waals surface area contributed by atoms with Crippen molar-refractivity contribution in [3.8, 4) is 12.3 Å². The van der Waals surface area contributed by atoms with E-state index in [0.29, 0.717) is 0 Å². The Bertz CT molecular complexity index is 259. The molecule has 1 amide bonds. The van der Waals surface area contributed by atoms with Gasteiger partial charge in [0.15, 0.2) is 0 Å². The summed E-state index contributed by atoms with van der Waals surface area (Å²) < 4.78 is 0. The number of aliphatic carboxylic acids is 1. The van der Waals surface area contributed by atoms with Gasteiger partial charge in [-0.05, 0) is 0 Å². The molecular formula is C8H12N2O4. The number of carbonyl (C=O) groups is 2. The van der Waals surface area contributed by atoms with Crippen molar-refractivity contribution in [1.82, 2.24) is 5.32 Å². The quantitative estimate of drug-likeness (QED) is 0.380. The van der Waals surface area contributed by atoms with Crippen LogP contribution in [0.1, 0.15) is 6.42 Å². The Morgan fingerprint density at radius 3 is 2.50 bits per heavy atom. The van der Waals surface area contributed by atoms with Crippen LogP contribution in [0.3, 0.4) is 0 Å². The number of hydrogen-bond acceptors (Lipinski definition) is 4. The van der Waals surface area contributed by atoms with Gasteiger partial charge in [-0.1, -0.05) is 0 Å². The average Bonchev–Trinajstić information content (AvgIpc) is 2.13. The van der Waals surface area contributed by atoms with Crippen molar-refractivity contribution >= 4 is 11.9 Å². The molecule has 6 nitrogen and oxygen atoms in total. The SMILES string of the molecule is C#CCC(N)C(=O)N[C@@H](CO)C(=O)O. The van der Waals surface area contributed by atoms with Gasteiger partial charge < -0.3 is 21.3 Å². The standard InChI is InChI=1S/C8H12N2O4/c1-2-3-5(9)7(12)10-6(4-11)8(13)14/h1,5-6,11H,3-4,9H2,(H,10,12)(H,13,14)/t5?,6-/m0/s1. The summed E-state index contributed by atoms with van der Waals surface area (Å²) in [4.78, 5) is 21.5. The van der Waals surface area contributed by atoms with Crippen LogP contribution in [0.25, 0.3) is 0 Å². The lowest BCUT2D eigenvalue weighted by Gasteiger charge is -2.14. The average molecular weight is 200 g/mol. The van der Waals surface area contributed by atoms with Gasteiger partial charge in [-0.2, -0.15) is 0 Å². The van der Waals surface area contributed by atoms with E-state index in [2.05, 4.69) is 5.92 Å². The van der Waals surface area contributed by atoms with Crippen molar-refractivity contribution < 1.29 is 19.8 Å². The van der Waals surface area contributed by atoms with Crippen LogP contribution in [-0.4, -0.2) is 40.8 Å². The van der Waals surface area contributed by atoms with Crippen LogP contribution in [0.2, 0.25) is 0 Å². The zero-order chi connectivity index (χ0) is 11.1. The second-order valence-electron chi connectivity index (χ2n) is 2.60. The molecule has 5 N–H and O–H groups in total. The second kappa shape index (κ2) is 5.96. The highest BCUT2D eigenvalue weighted by Gasteiger charge is 2.21. The van der Waals surface area contributed by atoms with E-state index < -0.39 is 30.6 Å². The van der Waals surface area contributed by atoms with Crippen LogP contribution in [0.5, 0.6) is 0 Å². The number of carboxylic acids is 1. The molecule has 0 aromatic rings. The third kappa shape index (κ3) is 3.89. The predicted molar refractivity (Wildman–Crippen MR) is 48.1 cm³/mol. The number of amides is 1. The molecule has 2 atom stereocenters. The third-order valence-corrected chi connectivity index (χ3v) is 1.47. The van der Waals surface area contributed by atoms with Gasteiger partial charge in [0.2, 0.25) is 5.91 Å². The first-order valence-electron chi connectivity index (χ1n) is 3.86. The maximum absolute atomic E-state index is 11.1. The molecule has 0 rings (SSSR count). The summed E-state index contributed by atoms with van der Waals surface area (Å²) in [5.74, 6) is 0.158. The van der Waals surface area contributed by atoms with Crippen LogP contribution in [-0.2, 0) is 9.59 Å². The van der Waals surface area contributed by atoms with Crippen molar-refractivity contribution in [3.63, 3.8) is 0 Å². The van der Waals surface area contributed by atoms with Crippen LogP contribution in [0.4, 0.5) is 0 Å². The molecular weight excluding hydrogens is 188 g/mol. The first kappa shape index (κ1) is 12.4. The maximum atomic E-state index is 11.1. The van der Waals surface area contributed by atoms with Crippen LogP contribution in [0, 0.1) is 12.3 Å². The molecule has 0 aliphatic rings. The van der Waals surface area contributed by atoms with Gasteiger partial charge in [0.25, 0.3) is 0 Å². The number of rotatable bonds is 5. The first-order valence-corrected chi connectivity index (χ1v) is 3.86. The number of hydrogen-bond donors (Lipinski definition) is 4. The molecule has 1 unspecified atom stereocenters. The summed E-state index contributed by atoms with van der Waals surface area (Å²) in [6.45, 7) is -0.691. The smallest absolute Gasteiger partial charge is 0.328 e. The highest BCUT2D eigenvalue weighted by atomic mass is 16.4. The predicted octanol–water partition coefficient (Wildman–Crippen LogP) is -2.10. The molecule has 0 radical (unpaired) electrons. The third-order valence-electron chi connectivity index (χ3n) is 1.47. The van der Waals surface area contributed by atoms with Crippen LogP contribution in [0.15, 0.2) is 0 Å². The Kier molecular flexibility index (Phi) is 5.29. The molecule has 0 aromatic heterocycles. The minimum absolute atomic E-state index is 0.0175. The Balaban J connectivity index is 4.16. The van der Waals surface area contributed by atoms with E-state index in [1.807, 2.05) is 5.32 Å². The van der Waals surface area contributed by atoms with Crippen molar-refractivity contribution in [2.24, 2.45) is 5.73 Å². The molecule has 0 bridgehead atoms. The fraction of sp³-hybridized carbons (Fsp3) is 0.500. The zero-order valence-electron chi connectivity index (χ0n) is 7.43. The number of terminal acetylenes is 1. The van der Waals surface area contributed by atoms with Gasteiger partial charge in [-0.3, -0.25) is 4.79 Å². The number of nitrogens with one attached hydrogen (secondary N) is 1. The molecule has 0 spiro atoms. The lowest BCUT2D eigenvalue weighted by atomic mass is 10.2. The van der Waals surface area contributed by atoms with E-state index in [1.165, 1.54) is 0 Å². The van der Waals surface area contributed by atoms with Gasteiger partial charge in [0.1, 0.15) is 6.04 Å². The van der Waals surface area contributed by atoms with E-state index in [1.54, 1.807) is 0 Å². The molecule has 78 valence electrons. The largest absolute Gasteiger partial charge is 0.480 e. The van der Waals surface area contributed by atoms with Crippen LogP contribution < -0.4 is 11.1 Å². The van der Waals surface area contributed by atoms with E-state index in [0.717, 1.165) is 0 Å². The van der Waals surface area contributed by atoms with Crippen molar-refractivity contribution in [2.75, 3.05) is 6.61 Å². The number of aliphatic hydroxyl groups is 1. The monoisotopic (exact) mass is 200 g/mol. The summed E-state index contributed by atoms with van der Waals surface area (Å²) in [5.41, 5.74) is 5.30. The lowest BCUT2D eigenvalue weighted by Crippen LogP contribution is -2.49. The number of carboxylic acid groups (broad SMARTS) is 1. The number of carbonyl (C=O) groups excluding carboxylic acids is 1. The molecule has 0 aliphatic heterocycles. The minimum Gasteiger partial charge on any atom is -0.480 e. The summed E-state index contributed by atoms with van der Waals surface area (Å²) >= 11 is 0. The van der Waals surface area contributed by atoms with E-state index >= 15 is 0 Å². The normalized spacial score (nSPS) is 13.8. The molecule has 0 heterocycles. The fourth-order valence-corrected chi connectivity index (χ4v) is 0.684. The molecule has 0 saturated heterocycles. The Labute approximate surface area is 81.1 Å². The second-order valence-corrected chi connectivity index (χ2v) is 2.60. The number of nitrogens with two attached hydrogens (primary N) is 1. The summed E-state index contributed by atoms with van der Waals surface area (Å²) in [6, 6.07) is -2.29.